The van der Waals surface area contributed by atoms with Crippen LogP contribution in [0.4, 0.5) is 0 Å². The standard InChI is InChI=1S/C19H22ClN3O7.C19H21I2N3O7/c1-10(21-17(28)11-4-5-15(25)13(20)7-11)19(30)23-6-2-3-14(23)18(29)22-12(9-24)8-16(26)27;1-9(22-17(29)10-5-12(20)16(28)13(21)6-10)19(31)24-4-2-3-14(24)18(30)23-11(8-25)7-15(26)27/h4-5,7,9-10,12,14,25H,2-3,6,8H2,1H3,(H,21,28)(H,22,29)(H,26,27);5-6,8-9,11,14,28H,2-4,7H2,1H3,(H,22,29)(H,23,30)(H,26,27)/t10-,12-,14-;9-,11-,14-/m00/s1. The van der Waals surface area contributed by atoms with Gasteiger partial charge in [-0.3, -0.25) is 38.4 Å². The predicted molar refractivity (Wildman–Crippen MR) is 230 cm³/mol. The van der Waals surface area contributed by atoms with Crippen LogP contribution in [-0.4, -0.2) is 140 Å². The fourth-order valence-corrected chi connectivity index (χ4v) is 8.28. The average molecular weight is 1100 g/mol. The molecule has 6 amide bonds. The first-order valence-electron chi connectivity index (χ1n) is 18.5. The summed E-state index contributed by atoms with van der Waals surface area (Å²) in [6, 6.07) is 0.894. The number of carboxylic acids is 2. The maximum atomic E-state index is 12.9. The highest BCUT2D eigenvalue weighted by Crippen LogP contribution is 2.28. The van der Waals surface area contributed by atoms with Crippen molar-refractivity contribution in [2.75, 3.05) is 13.1 Å². The topological polar surface area (TPSA) is 306 Å². The summed E-state index contributed by atoms with van der Waals surface area (Å²) < 4.78 is 0.993. The maximum Gasteiger partial charge on any atom is 0.305 e. The van der Waals surface area contributed by atoms with Crippen molar-refractivity contribution in [2.24, 2.45) is 0 Å². The van der Waals surface area contributed by atoms with Crippen LogP contribution in [0.3, 0.4) is 0 Å². The van der Waals surface area contributed by atoms with Crippen LogP contribution in [0, 0.1) is 7.14 Å². The summed E-state index contributed by atoms with van der Waals surface area (Å²) in [5.41, 5.74) is 0.431. The molecule has 2 heterocycles. The largest absolute Gasteiger partial charge is 0.506 e. The van der Waals surface area contributed by atoms with Gasteiger partial charge in [0.2, 0.25) is 23.6 Å². The monoisotopic (exact) mass is 1100 g/mol. The van der Waals surface area contributed by atoms with E-state index in [9.17, 15) is 58.2 Å². The highest BCUT2D eigenvalue weighted by Gasteiger charge is 2.39. The molecule has 0 aromatic heterocycles. The third kappa shape index (κ3) is 14.2. The SMILES string of the molecule is C[C@H](NC(=O)c1cc(I)c(O)c(I)c1)C(=O)N1CCC[C@H]1C(=O)N[C@H](C=O)CC(=O)O.C[C@H](NC(=O)c1ccc(O)c(Cl)c1)C(=O)N1CCC[C@H]1C(=O)N[C@H](C=O)CC(=O)O. The van der Waals surface area contributed by atoms with Crippen molar-refractivity contribution in [1.29, 1.82) is 0 Å². The Morgan fingerprint density at radius 1 is 0.705 bits per heavy atom. The number of nitrogens with one attached hydrogen (secondary N) is 4. The second kappa shape index (κ2) is 23.2. The molecule has 0 unspecified atom stereocenters. The molecule has 0 saturated carbocycles. The highest BCUT2D eigenvalue weighted by atomic mass is 127. The van der Waals surface area contributed by atoms with E-state index < -0.39 is 96.5 Å². The molecule has 2 aromatic carbocycles. The number of hydrogen-bond donors (Lipinski definition) is 8. The van der Waals surface area contributed by atoms with Crippen LogP contribution < -0.4 is 21.3 Å². The van der Waals surface area contributed by atoms with Crippen molar-refractivity contribution in [3.8, 4) is 11.5 Å². The molecule has 23 heteroatoms. The summed E-state index contributed by atoms with van der Waals surface area (Å²) in [6.07, 6.45) is 1.39. The molecule has 4 rings (SSSR count). The van der Waals surface area contributed by atoms with E-state index in [1.807, 2.05) is 45.2 Å². The zero-order chi connectivity index (χ0) is 45.7. The third-order valence-electron chi connectivity index (χ3n) is 9.37. The Morgan fingerprint density at radius 2 is 1.11 bits per heavy atom. The number of phenols is 2. The number of rotatable bonds is 16. The molecule has 2 aliphatic heterocycles. The van der Waals surface area contributed by atoms with Gasteiger partial charge < -0.3 is 61.1 Å². The van der Waals surface area contributed by atoms with E-state index in [2.05, 4.69) is 21.3 Å². The van der Waals surface area contributed by atoms with Gasteiger partial charge in [-0.05, 0) is 115 Å². The van der Waals surface area contributed by atoms with Gasteiger partial charge in [0, 0.05) is 24.2 Å². The quantitative estimate of drug-likeness (QED) is 0.0866. The van der Waals surface area contributed by atoms with E-state index in [1.165, 1.54) is 54.0 Å². The molecule has 2 aromatic rings. The van der Waals surface area contributed by atoms with Crippen LogP contribution in [0.15, 0.2) is 30.3 Å². The molecule has 8 N–H and O–H groups in total. The number of phenolic OH excluding ortho intramolecular Hbond substituents is 2. The van der Waals surface area contributed by atoms with E-state index >= 15 is 0 Å². The minimum atomic E-state index is -1.24. The van der Waals surface area contributed by atoms with E-state index in [4.69, 9.17) is 21.8 Å². The molecule has 2 fully saturated rings. The highest BCUT2D eigenvalue weighted by molar-refractivity contribution is 14.1. The van der Waals surface area contributed by atoms with Crippen LogP contribution in [0.5, 0.6) is 11.5 Å². The summed E-state index contributed by atoms with van der Waals surface area (Å²) in [4.78, 5) is 122. The van der Waals surface area contributed by atoms with Gasteiger partial charge in [0.15, 0.2) is 0 Å². The van der Waals surface area contributed by atoms with E-state index in [-0.39, 0.29) is 34.2 Å². The zero-order valence-electron chi connectivity index (χ0n) is 32.6. The Morgan fingerprint density at radius 3 is 1.49 bits per heavy atom. The van der Waals surface area contributed by atoms with Gasteiger partial charge >= 0.3 is 11.9 Å². The number of halogens is 3. The average Bonchev–Trinajstić information content (AvgIpc) is 3.90. The van der Waals surface area contributed by atoms with Gasteiger partial charge in [-0.15, -0.1) is 0 Å². The van der Waals surface area contributed by atoms with Gasteiger partial charge in [-0.2, -0.15) is 0 Å². The van der Waals surface area contributed by atoms with Gasteiger partial charge in [-0.1, -0.05) is 11.6 Å². The summed E-state index contributed by atoms with van der Waals surface area (Å²) in [5.74, 6) is -5.84. The van der Waals surface area contributed by atoms with Gasteiger partial charge in [0.1, 0.15) is 48.2 Å². The lowest BCUT2D eigenvalue weighted by atomic mass is 10.1. The predicted octanol–water partition coefficient (Wildman–Crippen LogP) is 1.18. The Balaban J connectivity index is 0.000000325. The number of carbonyl (C=O) groups is 10. The fourth-order valence-electron chi connectivity index (χ4n) is 6.33. The smallest absolute Gasteiger partial charge is 0.305 e. The fraction of sp³-hybridized carbons (Fsp3) is 0.421. The number of likely N-dealkylation sites (tertiary alicyclic amines) is 2. The molecule has 0 aliphatic carbocycles. The van der Waals surface area contributed by atoms with Crippen LogP contribution in [0.1, 0.15) is 73.1 Å². The molecule has 0 bridgehead atoms. The minimum Gasteiger partial charge on any atom is -0.506 e. The molecular formula is C38H43ClI2N6O14. The lowest BCUT2D eigenvalue weighted by Gasteiger charge is -2.27. The van der Waals surface area contributed by atoms with E-state index in [0.29, 0.717) is 51.9 Å². The van der Waals surface area contributed by atoms with Crippen LogP contribution >= 0.6 is 56.8 Å². The number of benzene rings is 2. The molecule has 330 valence electrons. The summed E-state index contributed by atoms with van der Waals surface area (Å²) in [6.45, 7) is 3.56. The van der Waals surface area contributed by atoms with Crippen molar-refractivity contribution >= 4 is 117 Å². The zero-order valence-corrected chi connectivity index (χ0v) is 37.6. The molecule has 2 saturated heterocycles. The lowest BCUT2D eigenvalue weighted by molar-refractivity contribution is -0.142. The Hall–Kier alpha value is -5.11. The lowest BCUT2D eigenvalue weighted by Crippen LogP contribution is -2.54. The number of amides is 6. The van der Waals surface area contributed by atoms with Gasteiger partial charge in [-0.25, -0.2) is 0 Å². The van der Waals surface area contributed by atoms with Crippen LogP contribution in [0.2, 0.25) is 5.02 Å². The number of nitrogens with zero attached hydrogens (tertiary/aromatic N) is 2. The summed E-state index contributed by atoms with van der Waals surface area (Å²) in [5, 5.41) is 46.7. The van der Waals surface area contributed by atoms with Gasteiger partial charge in [0.25, 0.3) is 11.8 Å². The second-order valence-electron chi connectivity index (χ2n) is 13.9. The number of aromatic hydroxyl groups is 2. The first kappa shape index (κ1) is 50.2. The maximum absolute atomic E-state index is 12.9. The molecule has 6 atom stereocenters. The van der Waals surface area contributed by atoms with E-state index in [0.717, 1.165) is 0 Å². The third-order valence-corrected chi connectivity index (χ3v) is 11.3. The number of aldehydes is 2. The summed E-state index contributed by atoms with van der Waals surface area (Å²) in [7, 11) is 0. The molecule has 0 spiro atoms. The van der Waals surface area contributed by atoms with Crippen molar-refractivity contribution < 1.29 is 68.4 Å². The number of carboxylic acid groups (broad SMARTS) is 2. The van der Waals surface area contributed by atoms with Gasteiger partial charge in [0.05, 0.1) is 37.1 Å². The molecule has 2 aliphatic rings. The first-order valence-corrected chi connectivity index (χ1v) is 21.1. The van der Waals surface area contributed by atoms with Crippen molar-refractivity contribution in [2.45, 2.75) is 88.6 Å². The first-order chi connectivity index (χ1) is 28.7. The Labute approximate surface area is 380 Å². The van der Waals surface area contributed by atoms with Crippen LogP contribution in [0.25, 0.3) is 0 Å². The summed E-state index contributed by atoms with van der Waals surface area (Å²) >= 11 is 9.59. The number of hydrogen-bond acceptors (Lipinski definition) is 12. The minimum absolute atomic E-state index is 0.0102. The molecular weight excluding hydrogens is 1050 g/mol. The Bertz CT molecular complexity index is 2030. The Kier molecular flexibility index (Phi) is 19.1. The molecule has 61 heavy (non-hydrogen) atoms. The van der Waals surface area contributed by atoms with Crippen LogP contribution in [-0.2, 0) is 38.4 Å². The molecule has 0 radical (unpaired) electrons. The van der Waals surface area contributed by atoms with E-state index in [1.54, 1.807) is 0 Å². The number of carbonyl (C=O) groups excluding carboxylic acids is 8. The molecule has 20 nitrogen and oxygen atoms in total. The van der Waals surface area contributed by atoms with Crippen molar-refractivity contribution in [3.05, 3.63) is 53.6 Å². The normalized spacial score (nSPS) is 17.6. The number of aliphatic carboxylic acids is 2. The second-order valence-corrected chi connectivity index (χ2v) is 16.7. The van der Waals surface area contributed by atoms with Crippen molar-refractivity contribution in [3.63, 3.8) is 0 Å². The van der Waals surface area contributed by atoms with Crippen molar-refractivity contribution in [1.82, 2.24) is 31.1 Å².